The molecule has 0 saturated heterocycles. The number of carbonyl (C=O) groups excluding carboxylic acids is 1. The highest BCUT2D eigenvalue weighted by Crippen LogP contribution is 2.29. The fourth-order valence-corrected chi connectivity index (χ4v) is 1.75. The second-order valence-corrected chi connectivity index (χ2v) is 5.12. The summed E-state index contributed by atoms with van der Waals surface area (Å²) in [6.07, 6.45) is -4.82. The van der Waals surface area contributed by atoms with Crippen molar-refractivity contribution in [1.29, 1.82) is 0 Å². The molecule has 0 aliphatic heterocycles. The maximum Gasteiger partial charge on any atom is 0.573 e. The molecule has 0 amide bonds. The number of alkyl halides is 5. The Morgan fingerprint density at radius 2 is 2.11 bits per heavy atom. The van der Waals surface area contributed by atoms with Gasteiger partial charge in [-0.1, -0.05) is 28.1 Å². The Kier molecular flexibility index (Phi) is 5.04. The summed E-state index contributed by atoms with van der Waals surface area (Å²) < 4.78 is 40.4. The maximum absolute atomic E-state index is 12.2. The smallest absolute Gasteiger partial charge is 0.405 e. The third-order valence-corrected chi connectivity index (χ3v) is 2.79. The van der Waals surface area contributed by atoms with Gasteiger partial charge in [-0.05, 0) is 13.0 Å². The van der Waals surface area contributed by atoms with E-state index < -0.39 is 16.9 Å². The topological polar surface area (TPSA) is 26.3 Å². The lowest BCUT2D eigenvalue weighted by Crippen LogP contribution is -2.19. The quantitative estimate of drug-likeness (QED) is 0.601. The van der Waals surface area contributed by atoms with Crippen molar-refractivity contribution in [3.05, 3.63) is 29.3 Å². The Balaban J connectivity index is 3.13. The van der Waals surface area contributed by atoms with Crippen molar-refractivity contribution in [3.63, 3.8) is 0 Å². The molecule has 7 heteroatoms. The van der Waals surface area contributed by atoms with Crippen LogP contribution in [0.1, 0.15) is 22.8 Å². The maximum atomic E-state index is 12.2. The normalized spacial score (nSPS) is 13.2. The van der Waals surface area contributed by atoms with E-state index in [-0.39, 0.29) is 22.8 Å². The summed E-state index contributed by atoms with van der Waals surface area (Å²) in [7, 11) is 0. The van der Waals surface area contributed by atoms with E-state index in [0.717, 1.165) is 6.07 Å². The van der Waals surface area contributed by atoms with Crippen molar-refractivity contribution in [2.24, 2.45) is 0 Å². The average molecular weight is 346 g/mol. The van der Waals surface area contributed by atoms with Crippen LogP contribution in [0.2, 0.25) is 0 Å². The highest BCUT2D eigenvalue weighted by atomic mass is 79.9. The summed E-state index contributed by atoms with van der Waals surface area (Å²) in [5.74, 6) is -0.913. The molecule has 0 heterocycles. The third-order valence-electron chi connectivity index (χ3n) is 2.08. The van der Waals surface area contributed by atoms with E-state index in [1.807, 2.05) is 0 Å². The number of ether oxygens (including phenoxy) is 1. The summed E-state index contributed by atoms with van der Waals surface area (Å²) in [4.78, 5) is 11.2. The van der Waals surface area contributed by atoms with Crippen LogP contribution < -0.4 is 4.74 Å². The molecule has 1 atom stereocenters. The van der Waals surface area contributed by atoms with Crippen molar-refractivity contribution in [2.75, 3.05) is 0 Å². The van der Waals surface area contributed by atoms with Crippen LogP contribution in [0, 0.1) is 0 Å². The van der Waals surface area contributed by atoms with Gasteiger partial charge in [0.1, 0.15) is 5.75 Å². The van der Waals surface area contributed by atoms with Crippen LogP contribution in [0.5, 0.6) is 5.75 Å². The van der Waals surface area contributed by atoms with Crippen molar-refractivity contribution in [2.45, 2.75) is 24.0 Å². The molecule has 1 rings (SSSR count). The molecule has 0 saturated carbocycles. The van der Waals surface area contributed by atoms with Crippen LogP contribution in [-0.4, -0.2) is 17.0 Å². The lowest BCUT2D eigenvalue weighted by molar-refractivity contribution is -0.274. The zero-order chi connectivity index (χ0) is 13.9. The standard InChI is InChI=1S/C11H9BrClF3O2/c1-6(12)10(17)7-2-3-8(5-13)9(4-7)18-11(14,15)16/h2-4,6H,5H2,1H3. The molecule has 0 spiro atoms. The second kappa shape index (κ2) is 5.93. The summed E-state index contributed by atoms with van der Waals surface area (Å²) >= 11 is 8.57. The number of carbonyl (C=O) groups is 1. The molecule has 1 aromatic rings. The number of hydrogen-bond donors (Lipinski definition) is 0. The van der Waals surface area contributed by atoms with E-state index in [1.54, 1.807) is 6.92 Å². The predicted octanol–water partition coefficient (Wildman–Crippen LogP) is 4.29. The minimum absolute atomic E-state index is 0.132. The zero-order valence-corrected chi connectivity index (χ0v) is 11.6. The van der Waals surface area contributed by atoms with Gasteiger partial charge in [0, 0.05) is 11.1 Å². The Labute approximate surface area is 115 Å². The summed E-state index contributed by atoms with van der Waals surface area (Å²) in [5.41, 5.74) is 0.306. The molecule has 0 bridgehead atoms. The molecule has 1 unspecified atom stereocenters. The fourth-order valence-electron chi connectivity index (χ4n) is 1.27. The van der Waals surface area contributed by atoms with E-state index in [0.29, 0.717) is 0 Å². The van der Waals surface area contributed by atoms with Gasteiger partial charge in [0.2, 0.25) is 0 Å². The fraction of sp³-hybridized carbons (Fsp3) is 0.364. The lowest BCUT2D eigenvalue weighted by Gasteiger charge is -2.13. The molecule has 1 aromatic carbocycles. The minimum atomic E-state index is -4.82. The second-order valence-electron chi connectivity index (χ2n) is 3.48. The highest BCUT2D eigenvalue weighted by Gasteiger charge is 2.32. The van der Waals surface area contributed by atoms with Gasteiger partial charge in [-0.3, -0.25) is 4.79 Å². The van der Waals surface area contributed by atoms with E-state index in [4.69, 9.17) is 11.6 Å². The Bertz CT molecular complexity index is 446. The van der Waals surface area contributed by atoms with Gasteiger partial charge in [-0.25, -0.2) is 0 Å². The monoisotopic (exact) mass is 344 g/mol. The Morgan fingerprint density at radius 1 is 1.50 bits per heavy atom. The molecule has 18 heavy (non-hydrogen) atoms. The Morgan fingerprint density at radius 3 is 2.56 bits per heavy atom. The van der Waals surface area contributed by atoms with E-state index in [9.17, 15) is 18.0 Å². The van der Waals surface area contributed by atoms with Gasteiger partial charge in [0.25, 0.3) is 0 Å². The van der Waals surface area contributed by atoms with E-state index >= 15 is 0 Å². The van der Waals surface area contributed by atoms with Gasteiger partial charge < -0.3 is 4.74 Å². The first kappa shape index (κ1) is 15.3. The zero-order valence-electron chi connectivity index (χ0n) is 9.22. The van der Waals surface area contributed by atoms with E-state index in [2.05, 4.69) is 20.7 Å². The van der Waals surface area contributed by atoms with Gasteiger partial charge >= 0.3 is 6.36 Å². The predicted molar refractivity (Wildman–Crippen MR) is 65.4 cm³/mol. The highest BCUT2D eigenvalue weighted by molar-refractivity contribution is 9.10. The third kappa shape index (κ3) is 4.17. The SMILES string of the molecule is CC(Br)C(=O)c1ccc(CCl)c(OC(F)(F)F)c1. The van der Waals surface area contributed by atoms with Gasteiger partial charge in [0.15, 0.2) is 5.78 Å². The van der Waals surface area contributed by atoms with E-state index in [1.165, 1.54) is 12.1 Å². The van der Waals surface area contributed by atoms with Crippen molar-refractivity contribution >= 4 is 33.3 Å². The van der Waals surface area contributed by atoms with Crippen molar-refractivity contribution in [3.8, 4) is 5.75 Å². The largest absolute Gasteiger partial charge is 0.573 e. The average Bonchev–Trinajstić information content (AvgIpc) is 2.25. The van der Waals surface area contributed by atoms with Crippen LogP contribution >= 0.6 is 27.5 Å². The summed E-state index contributed by atoms with van der Waals surface area (Å²) in [5, 5.41) is 0. The molecule has 2 nitrogen and oxygen atoms in total. The molecule has 0 aliphatic rings. The van der Waals surface area contributed by atoms with Crippen LogP contribution in [0.4, 0.5) is 13.2 Å². The number of benzene rings is 1. The molecule has 0 fully saturated rings. The Hall–Kier alpha value is -0.750. The van der Waals surface area contributed by atoms with Crippen LogP contribution in [0.25, 0.3) is 0 Å². The van der Waals surface area contributed by atoms with Crippen LogP contribution in [-0.2, 0) is 5.88 Å². The van der Waals surface area contributed by atoms with Gasteiger partial charge in [-0.15, -0.1) is 24.8 Å². The van der Waals surface area contributed by atoms with Gasteiger partial charge in [-0.2, -0.15) is 0 Å². The first-order valence-corrected chi connectivity index (χ1v) is 6.32. The molecule has 100 valence electrons. The number of Topliss-reactive ketones (excluding diaryl/α,β-unsaturated/α-hetero) is 1. The molecule has 0 aromatic heterocycles. The molecular formula is C11H9BrClF3O2. The summed E-state index contributed by atoms with van der Waals surface area (Å²) in [6, 6.07) is 3.81. The lowest BCUT2D eigenvalue weighted by atomic mass is 10.1. The number of halogens is 5. The number of hydrogen-bond acceptors (Lipinski definition) is 2. The molecule has 0 aliphatic carbocycles. The minimum Gasteiger partial charge on any atom is -0.405 e. The summed E-state index contributed by atoms with van der Waals surface area (Å²) in [6.45, 7) is 1.59. The van der Waals surface area contributed by atoms with Crippen LogP contribution in [0.15, 0.2) is 18.2 Å². The van der Waals surface area contributed by atoms with Gasteiger partial charge in [0.05, 0.1) is 10.7 Å². The van der Waals surface area contributed by atoms with Crippen molar-refractivity contribution in [1.82, 2.24) is 0 Å². The van der Waals surface area contributed by atoms with Crippen LogP contribution in [0.3, 0.4) is 0 Å². The molecule has 0 N–H and O–H groups in total. The number of rotatable bonds is 4. The first-order chi connectivity index (χ1) is 8.24. The molecule has 0 radical (unpaired) electrons. The number of ketones is 1. The molecular weight excluding hydrogens is 336 g/mol. The van der Waals surface area contributed by atoms with Crippen molar-refractivity contribution < 1.29 is 22.7 Å². The first-order valence-electron chi connectivity index (χ1n) is 4.87.